The summed E-state index contributed by atoms with van der Waals surface area (Å²) in [7, 11) is 0. The molecule has 2 fully saturated rings. The minimum atomic E-state index is 0. The number of benzene rings is 2. The first-order chi connectivity index (χ1) is 15.4. The van der Waals surface area contributed by atoms with Gasteiger partial charge in [-0.15, -0.1) is 12.4 Å². The van der Waals surface area contributed by atoms with Crippen LogP contribution in [0.3, 0.4) is 0 Å². The van der Waals surface area contributed by atoms with Crippen molar-refractivity contribution in [1.29, 1.82) is 0 Å². The number of piperazine rings is 2. The van der Waals surface area contributed by atoms with Gasteiger partial charge in [0.1, 0.15) is 0 Å². The van der Waals surface area contributed by atoms with E-state index in [1.807, 2.05) is 0 Å². The number of halogens is 1. The van der Waals surface area contributed by atoms with Crippen LogP contribution in [0.1, 0.15) is 38.8 Å². The maximum Gasteiger partial charge on any atom is 0.0897 e. The molecule has 33 heavy (non-hydrogen) atoms. The molecule has 7 heteroatoms. The number of fused-ring (bicyclic) bond motifs is 2. The summed E-state index contributed by atoms with van der Waals surface area (Å²) in [6.45, 7) is 15.3. The number of hydrogen-bond donors (Lipinski definition) is 2. The summed E-state index contributed by atoms with van der Waals surface area (Å²) in [6, 6.07) is 15.3. The van der Waals surface area contributed by atoms with Gasteiger partial charge in [-0.05, 0) is 63.1 Å². The first kappa shape index (κ1) is 24.3. The summed E-state index contributed by atoms with van der Waals surface area (Å²) in [6.07, 6.45) is 0. The fourth-order valence-corrected chi connectivity index (χ4v) is 5.62. The van der Waals surface area contributed by atoms with Crippen LogP contribution in [0, 0.1) is 0 Å². The van der Waals surface area contributed by atoms with Crippen LogP contribution in [0.25, 0.3) is 22.1 Å². The highest BCUT2D eigenvalue weighted by Crippen LogP contribution is 2.21. The second kappa shape index (κ2) is 10.2. The summed E-state index contributed by atoms with van der Waals surface area (Å²) in [5.74, 6) is 0. The van der Waals surface area contributed by atoms with Crippen molar-refractivity contribution in [2.24, 2.45) is 0 Å². The molecule has 2 aliphatic rings. The topological polar surface area (TPSA) is 56.3 Å². The van der Waals surface area contributed by atoms with Gasteiger partial charge < -0.3 is 10.6 Å². The molecule has 3 aromatic rings. The number of nitrogens with zero attached hydrogens (tertiary/aromatic N) is 4. The molecule has 4 unspecified atom stereocenters. The monoisotopic (exact) mass is 468 g/mol. The molecule has 0 spiro atoms. The maximum atomic E-state index is 5.02. The van der Waals surface area contributed by atoms with Crippen molar-refractivity contribution < 1.29 is 0 Å². The van der Waals surface area contributed by atoms with E-state index in [2.05, 4.69) is 84.5 Å². The maximum absolute atomic E-state index is 5.02. The molecule has 0 aliphatic carbocycles. The third-order valence-electron chi connectivity index (χ3n) is 6.64. The third kappa shape index (κ3) is 5.81. The smallest absolute Gasteiger partial charge is 0.0897 e. The Morgan fingerprint density at radius 2 is 1.00 bits per heavy atom. The lowest BCUT2D eigenvalue weighted by molar-refractivity contribution is 0.166. The molecule has 2 N–H and O–H groups in total. The predicted molar refractivity (Wildman–Crippen MR) is 139 cm³/mol. The Morgan fingerprint density at radius 1 is 0.636 bits per heavy atom. The second-order valence-corrected chi connectivity index (χ2v) is 10.2. The molecule has 2 aromatic carbocycles. The average Bonchev–Trinajstić information content (AvgIpc) is 2.71. The first-order valence-corrected chi connectivity index (χ1v) is 12.1. The largest absolute Gasteiger partial charge is 0.309 e. The summed E-state index contributed by atoms with van der Waals surface area (Å²) in [5, 5.41) is 7.23. The molecule has 5 rings (SSSR count). The fourth-order valence-electron chi connectivity index (χ4n) is 5.62. The molecule has 4 atom stereocenters. The van der Waals surface area contributed by atoms with Crippen LogP contribution >= 0.6 is 12.4 Å². The van der Waals surface area contributed by atoms with E-state index < -0.39 is 0 Å². The minimum absolute atomic E-state index is 0. The number of aromatic nitrogens is 2. The fraction of sp³-hybridized carbons (Fsp3) is 0.538. The second-order valence-electron chi connectivity index (χ2n) is 10.2. The Hall–Kier alpha value is -1.83. The molecule has 3 heterocycles. The van der Waals surface area contributed by atoms with Gasteiger partial charge in [0, 0.05) is 63.4 Å². The lowest BCUT2D eigenvalue weighted by Crippen LogP contribution is -2.53. The molecule has 0 bridgehead atoms. The van der Waals surface area contributed by atoms with Gasteiger partial charge in [0.05, 0.1) is 22.1 Å². The lowest BCUT2D eigenvalue weighted by Gasteiger charge is -2.36. The van der Waals surface area contributed by atoms with Gasteiger partial charge in [0.2, 0.25) is 0 Å². The van der Waals surface area contributed by atoms with Crippen LogP contribution in [0.5, 0.6) is 0 Å². The van der Waals surface area contributed by atoms with E-state index >= 15 is 0 Å². The Labute approximate surface area is 203 Å². The lowest BCUT2D eigenvalue weighted by atomic mass is 10.1. The molecule has 1 aromatic heterocycles. The zero-order chi connectivity index (χ0) is 22.2. The Balaban J connectivity index is 0.00000259. The molecule has 2 saturated heterocycles. The van der Waals surface area contributed by atoms with Crippen molar-refractivity contribution in [2.45, 2.75) is 65.0 Å². The SMILES string of the molecule is CC1CN(Cc2ccc3nc4ccc(CN5CC(C)NC(C)C5)cc4nc3c2)CC(C)N1.Cl. The quantitative estimate of drug-likeness (QED) is 0.571. The van der Waals surface area contributed by atoms with Gasteiger partial charge in [0.25, 0.3) is 0 Å². The van der Waals surface area contributed by atoms with Crippen LogP contribution in [0.2, 0.25) is 0 Å². The van der Waals surface area contributed by atoms with E-state index in [0.717, 1.165) is 61.3 Å². The summed E-state index contributed by atoms with van der Waals surface area (Å²) in [4.78, 5) is 15.0. The molecule has 0 saturated carbocycles. The first-order valence-electron chi connectivity index (χ1n) is 12.1. The molecule has 6 nitrogen and oxygen atoms in total. The van der Waals surface area contributed by atoms with E-state index in [9.17, 15) is 0 Å². The molecule has 0 radical (unpaired) electrons. The number of rotatable bonds is 4. The highest BCUT2D eigenvalue weighted by atomic mass is 35.5. The normalized spacial score (nSPS) is 27.0. The highest BCUT2D eigenvalue weighted by Gasteiger charge is 2.22. The van der Waals surface area contributed by atoms with Crippen molar-refractivity contribution in [3.05, 3.63) is 47.5 Å². The Kier molecular flexibility index (Phi) is 7.51. The number of hydrogen-bond acceptors (Lipinski definition) is 6. The van der Waals surface area contributed by atoms with E-state index in [4.69, 9.17) is 9.97 Å². The number of nitrogens with one attached hydrogen (secondary N) is 2. The van der Waals surface area contributed by atoms with E-state index in [-0.39, 0.29) is 12.4 Å². The molecule has 178 valence electrons. The zero-order valence-corrected chi connectivity index (χ0v) is 21.0. The highest BCUT2D eigenvalue weighted by molar-refractivity contribution is 5.86. The minimum Gasteiger partial charge on any atom is -0.309 e. The summed E-state index contributed by atoms with van der Waals surface area (Å²) < 4.78 is 0. The molecule has 2 aliphatic heterocycles. The van der Waals surface area contributed by atoms with Gasteiger partial charge in [-0.2, -0.15) is 0 Å². The summed E-state index contributed by atoms with van der Waals surface area (Å²) >= 11 is 0. The van der Waals surface area contributed by atoms with E-state index in [0.29, 0.717) is 24.2 Å². The van der Waals surface area contributed by atoms with Gasteiger partial charge in [0.15, 0.2) is 0 Å². The van der Waals surface area contributed by atoms with Gasteiger partial charge in [-0.3, -0.25) is 9.80 Å². The van der Waals surface area contributed by atoms with Gasteiger partial charge in [-0.25, -0.2) is 9.97 Å². The third-order valence-corrected chi connectivity index (χ3v) is 6.64. The van der Waals surface area contributed by atoms with Crippen molar-refractivity contribution in [3.63, 3.8) is 0 Å². The Morgan fingerprint density at radius 3 is 1.39 bits per heavy atom. The zero-order valence-electron chi connectivity index (χ0n) is 20.2. The predicted octanol–water partition coefficient (Wildman–Crippen LogP) is 3.57. The molecule has 0 amide bonds. The standard InChI is InChI=1S/C26H36N6.ClH/c1-17-11-31(12-18(2)27-17)15-21-5-7-23-25(9-21)30-26-10-22(6-8-24(26)29-23)16-32-13-19(3)28-20(4)14-32;/h5-10,17-20,27-28H,11-16H2,1-4H3;1H. The van der Waals surface area contributed by atoms with Gasteiger partial charge in [-0.1, -0.05) is 12.1 Å². The molecular weight excluding hydrogens is 432 g/mol. The van der Waals surface area contributed by atoms with Crippen LogP contribution in [-0.4, -0.2) is 70.1 Å². The van der Waals surface area contributed by atoms with Crippen LogP contribution in [-0.2, 0) is 13.1 Å². The van der Waals surface area contributed by atoms with E-state index in [1.54, 1.807) is 0 Å². The van der Waals surface area contributed by atoms with Gasteiger partial charge >= 0.3 is 0 Å². The average molecular weight is 469 g/mol. The van der Waals surface area contributed by atoms with Crippen LogP contribution in [0.4, 0.5) is 0 Å². The van der Waals surface area contributed by atoms with Crippen molar-refractivity contribution in [3.8, 4) is 0 Å². The van der Waals surface area contributed by atoms with Crippen LogP contribution in [0.15, 0.2) is 36.4 Å². The summed E-state index contributed by atoms with van der Waals surface area (Å²) in [5.41, 5.74) is 6.56. The molecular formula is C26H37ClN6. The van der Waals surface area contributed by atoms with Crippen molar-refractivity contribution in [1.82, 2.24) is 30.4 Å². The van der Waals surface area contributed by atoms with Crippen molar-refractivity contribution >= 4 is 34.5 Å². The van der Waals surface area contributed by atoms with Crippen LogP contribution < -0.4 is 10.6 Å². The van der Waals surface area contributed by atoms with E-state index in [1.165, 1.54) is 11.1 Å². The Bertz CT molecular complexity index is 1000. The van der Waals surface area contributed by atoms with Crippen molar-refractivity contribution in [2.75, 3.05) is 26.2 Å².